The van der Waals surface area contributed by atoms with Crippen LogP contribution in [0.3, 0.4) is 0 Å². The second kappa shape index (κ2) is 8.41. The first-order valence-corrected chi connectivity index (χ1v) is 3.63. The summed E-state index contributed by atoms with van der Waals surface area (Å²) in [5.74, 6) is 0. The van der Waals surface area contributed by atoms with Crippen molar-refractivity contribution >= 4 is 0 Å². The minimum atomic E-state index is 0.647. The Kier molecular flexibility index (Phi) is 7.91. The highest BCUT2D eigenvalue weighted by Crippen LogP contribution is 1.90. The minimum Gasteiger partial charge on any atom is -0.302 e. The van der Waals surface area contributed by atoms with Gasteiger partial charge in [-0.3, -0.25) is 0 Å². The van der Waals surface area contributed by atoms with Gasteiger partial charge in [0.2, 0.25) is 0 Å². The smallest absolute Gasteiger partial charge is 0.0653 e. The van der Waals surface area contributed by atoms with Gasteiger partial charge in [0.05, 0.1) is 12.7 Å². The van der Waals surface area contributed by atoms with E-state index in [0.717, 1.165) is 19.4 Å². The van der Waals surface area contributed by atoms with Gasteiger partial charge < -0.3 is 4.84 Å². The molecule has 0 fully saturated rings. The minimum absolute atomic E-state index is 0.647. The summed E-state index contributed by atoms with van der Waals surface area (Å²) in [5.41, 5.74) is 2.78. The van der Waals surface area contributed by atoms with Gasteiger partial charge in [0.15, 0.2) is 0 Å². The van der Waals surface area contributed by atoms with Crippen LogP contribution in [0.1, 0.15) is 26.2 Å². The second-order valence-electron chi connectivity index (χ2n) is 1.94. The van der Waals surface area contributed by atoms with Crippen molar-refractivity contribution in [1.29, 1.82) is 5.26 Å². The lowest BCUT2D eigenvalue weighted by Crippen LogP contribution is -2.15. The highest BCUT2D eigenvalue weighted by atomic mass is 16.6. The average Bonchev–Trinajstić information content (AvgIpc) is 1.97. The van der Waals surface area contributed by atoms with Crippen LogP contribution in [0.4, 0.5) is 0 Å². The van der Waals surface area contributed by atoms with E-state index in [1.807, 2.05) is 6.92 Å². The first-order chi connectivity index (χ1) is 4.91. The van der Waals surface area contributed by atoms with Gasteiger partial charge in [-0.15, -0.1) is 0 Å². The monoisotopic (exact) mass is 142 g/mol. The molecule has 0 aliphatic carbocycles. The quantitative estimate of drug-likeness (QED) is 0.448. The standard InChI is InChI=1S/C7H14N2O/c1-2-10-9-7-5-3-4-6-8/h9H,2-5,7H2,1H3. The van der Waals surface area contributed by atoms with Crippen molar-refractivity contribution in [1.82, 2.24) is 5.48 Å². The van der Waals surface area contributed by atoms with Gasteiger partial charge in [0.1, 0.15) is 0 Å². The first kappa shape index (κ1) is 9.41. The summed E-state index contributed by atoms with van der Waals surface area (Å²) in [4.78, 5) is 4.88. The van der Waals surface area contributed by atoms with Gasteiger partial charge in [-0.1, -0.05) is 0 Å². The zero-order valence-electron chi connectivity index (χ0n) is 6.39. The number of nitrogens with one attached hydrogen (secondary N) is 1. The Morgan fingerprint density at radius 3 is 2.90 bits per heavy atom. The fourth-order valence-corrected chi connectivity index (χ4v) is 0.575. The van der Waals surface area contributed by atoms with E-state index in [9.17, 15) is 0 Å². The largest absolute Gasteiger partial charge is 0.302 e. The van der Waals surface area contributed by atoms with E-state index in [1.54, 1.807) is 0 Å². The normalized spacial score (nSPS) is 9.20. The van der Waals surface area contributed by atoms with Crippen LogP contribution in [0.5, 0.6) is 0 Å². The van der Waals surface area contributed by atoms with Crippen molar-refractivity contribution in [3.05, 3.63) is 0 Å². The molecule has 0 radical (unpaired) electrons. The molecular weight excluding hydrogens is 128 g/mol. The molecule has 3 heteroatoms. The molecule has 0 rings (SSSR count). The molecule has 1 N–H and O–H groups in total. The van der Waals surface area contributed by atoms with E-state index >= 15 is 0 Å². The molecule has 0 amide bonds. The molecule has 0 spiro atoms. The maximum Gasteiger partial charge on any atom is 0.0653 e. The van der Waals surface area contributed by atoms with E-state index in [-0.39, 0.29) is 0 Å². The van der Waals surface area contributed by atoms with Crippen LogP contribution in [-0.4, -0.2) is 13.2 Å². The SMILES string of the molecule is CCONCCCCC#N. The van der Waals surface area contributed by atoms with Crippen LogP contribution in [0, 0.1) is 11.3 Å². The number of hydroxylamine groups is 1. The van der Waals surface area contributed by atoms with Gasteiger partial charge in [-0.2, -0.15) is 5.26 Å². The molecule has 0 bridgehead atoms. The van der Waals surface area contributed by atoms with Crippen molar-refractivity contribution in [3.63, 3.8) is 0 Å². The molecule has 0 aromatic heterocycles. The van der Waals surface area contributed by atoms with E-state index in [2.05, 4.69) is 11.5 Å². The molecule has 0 heterocycles. The molecule has 3 nitrogen and oxygen atoms in total. The summed E-state index contributed by atoms with van der Waals surface area (Å²) in [6.45, 7) is 3.47. The molecule has 0 unspecified atom stereocenters. The molecule has 58 valence electrons. The number of rotatable bonds is 6. The van der Waals surface area contributed by atoms with Gasteiger partial charge in [-0.25, -0.2) is 5.48 Å². The molecule has 0 saturated carbocycles. The predicted octanol–water partition coefficient (Wildman–Crippen LogP) is 1.22. The highest BCUT2D eigenvalue weighted by Gasteiger charge is 1.85. The summed E-state index contributed by atoms with van der Waals surface area (Å²) < 4.78 is 0. The zero-order chi connectivity index (χ0) is 7.66. The highest BCUT2D eigenvalue weighted by molar-refractivity contribution is 4.67. The number of hydrogen-bond acceptors (Lipinski definition) is 3. The Bertz CT molecular complexity index is 98.3. The molecule has 0 aliphatic heterocycles. The predicted molar refractivity (Wildman–Crippen MR) is 39.1 cm³/mol. The summed E-state index contributed by atoms with van der Waals surface area (Å²) in [6.07, 6.45) is 2.61. The van der Waals surface area contributed by atoms with Crippen molar-refractivity contribution < 1.29 is 4.84 Å². The summed E-state index contributed by atoms with van der Waals surface area (Å²) in [6, 6.07) is 2.09. The van der Waals surface area contributed by atoms with Crippen LogP contribution >= 0.6 is 0 Å². The lowest BCUT2D eigenvalue weighted by atomic mass is 10.2. The first-order valence-electron chi connectivity index (χ1n) is 3.63. The molecular formula is C7H14N2O. The number of nitriles is 1. The number of hydrogen-bond donors (Lipinski definition) is 1. The Morgan fingerprint density at radius 2 is 2.30 bits per heavy atom. The van der Waals surface area contributed by atoms with Crippen molar-refractivity contribution in [2.75, 3.05) is 13.2 Å². The molecule has 0 aromatic carbocycles. The van der Waals surface area contributed by atoms with Crippen LogP contribution in [-0.2, 0) is 4.84 Å². The fraction of sp³-hybridized carbons (Fsp3) is 0.857. The molecule has 0 aliphatic rings. The van der Waals surface area contributed by atoms with Crippen LogP contribution in [0.25, 0.3) is 0 Å². The number of unbranched alkanes of at least 4 members (excludes halogenated alkanes) is 2. The Morgan fingerprint density at radius 1 is 1.50 bits per heavy atom. The molecule has 0 aromatic rings. The lowest BCUT2D eigenvalue weighted by Gasteiger charge is -2.00. The van der Waals surface area contributed by atoms with Crippen molar-refractivity contribution in [3.8, 4) is 6.07 Å². The Balaban J connectivity index is 2.72. The van der Waals surface area contributed by atoms with Gasteiger partial charge in [0, 0.05) is 13.0 Å². The molecule has 0 atom stereocenters. The lowest BCUT2D eigenvalue weighted by molar-refractivity contribution is 0.0502. The topological polar surface area (TPSA) is 45.0 Å². The van der Waals surface area contributed by atoms with E-state index in [1.165, 1.54) is 0 Å². The maximum atomic E-state index is 8.17. The summed E-state index contributed by atoms with van der Waals surface area (Å²) in [7, 11) is 0. The van der Waals surface area contributed by atoms with Gasteiger partial charge in [-0.05, 0) is 19.8 Å². The third-order valence-electron chi connectivity index (χ3n) is 1.06. The average molecular weight is 142 g/mol. The fourth-order valence-electron chi connectivity index (χ4n) is 0.575. The Hall–Kier alpha value is -0.590. The van der Waals surface area contributed by atoms with Gasteiger partial charge in [0.25, 0.3) is 0 Å². The van der Waals surface area contributed by atoms with Crippen LogP contribution in [0.15, 0.2) is 0 Å². The van der Waals surface area contributed by atoms with Crippen molar-refractivity contribution in [2.45, 2.75) is 26.2 Å². The van der Waals surface area contributed by atoms with E-state index in [0.29, 0.717) is 13.0 Å². The maximum absolute atomic E-state index is 8.17. The van der Waals surface area contributed by atoms with E-state index < -0.39 is 0 Å². The van der Waals surface area contributed by atoms with E-state index in [4.69, 9.17) is 10.1 Å². The van der Waals surface area contributed by atoms with Gasteiger partial charge >= 0.3 is 0 Å². The Labute approximate surface area is 61.9 Å². The molecule has 10 heavy (non-hydrogen) atoms. The second-order valence-corrected chi connectivity index (χ2v) is 1.94. The number of nitrogens with zero attached hydrogens (tertiary/aromatic N) is 1. The van der Waals surface area contributed by atoms with Crippen LogP contribution in [0.2, 0.25) is 0 Å². The third kappa shape index (κ3) is 7.41. The molecule has 0 saturated heterocycles. The summed E-state index contributed by atoms with van der Waals surface area (Å²) in [5, 5.41) is 8.17. The van der Waals surface area contributed by atoms with Crippen molar-refractivity contribution in [2.24, 2.45) is 0 Å². The van der Waals surface area contributed by atoms with Crippen LogP contribution < -0.4 is 5.48 Å². The summed E-state index contributed by atoms with van der Waals surface area (Å²) >= 11 is 0. The third-order valence-corrected chi connectivity index (χ3v) is 1.06. The zero-order valence-corrected chi connectivity index (χ0v) is 6.39.